The number of nitrogens with zero attached hydrogens (tertiary/aromatic N) is 1. The van der Waals surface area contributed by atoms with Crippen molar-refractivity contribution < 1.29 is 14.6 Å². The zero-order chi connectivity index (χ0) is 15.0. The van der Waals surface area contributed by atoms with E-state index in [2.05, 4.69) is 24.1 Å². The molecule has 2 aliphatic rings. The first-order valence-electron chi connectivity index (χ1n) is 7.71. The van der Waals surface area contributed by atoms with Crippen molar-refractivity contribution in [2.75, 3.05) is 27.8 Å². The summed E-state index contributed by atoms with van der Waals surface area (Å²) in [6.45, 7) is 1.09. The van der Waals surface area contributed by atoms with Crippen molar-refractivity contribution in [1.29, 1.82) is 0 Å². The second kappa shape index (κ2) is 5.50. The molecule has 4 heteroatoms. The minimum atomic E-state index is -0.163. The van der Waals surface area contributed by atoms with E-state index in [4.69, 9.17) is 9.47 Å². The lowest BCUT2D eigenvalue weighted by Crippen LogP contribution is -2.47. The van der Waals surface area contributed by atoms with Crippen LogP contribution in [-0.2, 0) is 5.41 Å². The van der Waals surface area contributed by atoms with Crippen LogP contribution in [0.25, 0.3) is 0 Å². The van der Waals surface area contributed by atoms with Crippen LogP contribution in [-0.4, -0.2) is 50.0 Å². The fraction of sp³-hybridized carbons (Fsp3) is 0.647. The Morgan fingerprint density at radius 3 is 2.67 bits per heavy atom. The predicted molar refractivity (Wildman–Crippen MR) is 82.1 cm³/mol. The SMILES string of the molecule is COc1ccc([C@]23CC[C@@H](O)C[C@@H]2N(C)CC3)cc1OC. The summed E-state index contributed by atoms with van der Waals surface area (Å²) in [5.41, 5.74) is 1.47. The first-order valence-corrected chi connectivity index (χ1v) is 7.71. The molecule has 1 N–H and O–H groups in total. The first kappa shape index (κ1) is 14.7. The molecule has 0 amide bonds. The number of benzene rings is 1. The fourth-order valence-corrected chi connectivity index (χ4v) is 4.24. The van der Waals surface area contributed by atoms with E-state index < -0.39 is 0 Å². The van der Waals surface area contributed by atoms with Crippen LogP contribution in [0.1, 0.15) is 31.2 Å². The lowest BCUT2D eigenvalue weighted by Gasteiger charge is -2.43. The summed E-state index contributed by atoms with van der Waals surface area (Å²) in [5.74, 6) is 1.57. The minimum absolute atomic E-state index is 0.146. The molecule has 1 saturated heterocycles. The summed E-state index contributed by atoms with van der Waals surface area (Å²) in [5, 5.41) is 10.0. The van der Waals surface area contributed by atoms with Crippen molar-refractivity contribution in [2.45, 2.75) is 43.2 Å². The second-order valence-electron chi connectivity index (χ2n) is 6.40. The molecule has 0 bridgehead atoms. The molecule has 0 radical (unpaired) electrons. The van der Waals surface area contributed by atoms with Crippen LogP contribution in [0.5, 0.6) is 11.5 Å². The number of likely N-dealkylation sites (N-methyl/N-ethyl adjacent to an activating group) is 1. The molecule has 21 heavy (non-hydrogen) atoms. The largest absolute Gasteiger partial charge is 0.493 e. The van der Waals surface area contributed by atoms with E-state index in [1.165, 1.54) is 5.56 Å². The van der Waals surface area contributed by atoms with Crippen LogP contribution >= 0.6 is 0 Å². The lowest BCUT2D eigenvalue weighted by atomic mass is 9.65. The number of hydrogen-bond acceptors (Lipinski definition) is 4. The number of aliphatic hydroxyl groups is 1. The van der Waals surface area contributed by atoms with E-state index in [9.17, 15) is 5.11 Å². The van der Waals surface area contributed by atoms with E-state index in [0.717, 1.165) is 43.7 Å². The van der Waals surface area contributed by atoms with Gasteiger partial charge in [0.2, 0.25) is 0 Å². The van der Waals surface area contributed by atoms with Gasteiger partial charge in [-0.05, 0) is 57.0 Å². The van der Waals surface area contributed by atoms with Gasteiger partial charge in [-0.2, -0.15) is 0 Å². The van der Waals surface area contributed by atoms with Crippen LogP contribution < -0.4 is 9.47 Å². The second-order valence-corrected chi connectivity index (χ2v) is 6.40. The molecule has 1 aliphatic heterocycles. The Labute approximate surface area is 126 Å². The summed E-state index contributed by atoms with van der Waals surface area (Å²) in [6, 6.07) is 6.72. The standard InChI is InChI=1S/C17H25NO3/c1-18-9-8-17(7-6-13(19)11-16(17)18)12-4-5-14(20-2)15(10-12)21-3/h4-5,10,13,16,19H,6-9,11H2,1-3H3/t13-,16+,17-/m1/s1. The highest BCUT2D eigenvalue weighted by Crippen LogP contribution is 2.49. The molecule has 1 aromatic rings. The molecule has 1 heterocycles. The van der Waals surface area contributed by atoms with Gasteiger partial charge in [-0.1, -0.05) is 6.07 Å². The van der Waals surface area contributed by atoms with Crippen LogP contribution in [0.4, 0.5) is 0 Å². The quantitative estimate of drug-likeness (QED) is 0.927. The molecule has 0 unspecified atom stereocenters. The van der Waals surface area contributed by atoms with E-state index in [0.29, 0.717) is 6.04 Å². The van der Waals surface area contributed by atoms with Crippen LogP contribution in [0.15, 0.2) is 18.2 Å². The third kappa shape index (κ3) is 2.30. The van der Waals surface area contributed by atoms with Gasteiger partial charge >= 0.3 is 0 Å². The molecule has 1 saturated carbocycles. The Balaban J connectivity index is 2.01. The zero-order valence-corrected chi connectivity index (χ0v) is 13.1. The Morgan fingerprint density at radius 1 is 1.19 bits per heavy atom. The third-order valence-electron chi connectivity index (χ3n) is 5.46. The summed E-state index contributed by atoms with van der Waals surface area (Å²) in [7, 11) is 5.52. The van der Waals surface area contributed by atoms with Gasteiger partial charge in [0.05, 0.1) is 20.3 Å². The molecular formula is C17H25NO3. The summed E-state index contributed by atoms with van der Waals surface area (Å²) in [6.07, 6.45) is 3.78. The molecule has 2 fully saturated rings. The monoisotopic (exact) mass is 291 g/mol. The van der Waals surface area contributed by atoms with Gasteiger partial charge in [0.1, 0.15) is 0 Å². The number of methoxy groups -OCH3 is 2. The molecule has 1 aromatic carbocycles. The van der Waals surface area contributed by atoms with Gasteiger partial charge in [-0.15, -0.1) is 0 Å². The van der Waals surface area contributed by atoms with Crippen molar-refractivity contribution in [2.24, 2.45) is 0 Å². The van der Waals surface area contributed by atoms with Crippen molar-refractivity contribution in [1.82, 2.24) is 4.90 Å². The summed E-state index contributed by atoms with van der Waals surface area (Å²) < 4.78 is 10.8. The van der Waals surface area contributed by atoms with E-state index in [1.807, 2.05) is 6.07 Å². The van der Waals surface area contributed by atoms with E-state index in [1.54, 1.807) is 14.2 Å². The first-order chi connectivity index (χ1) is 10.1. The van der Waals surface area contributed by atoms with Crippen LogP contribution in [0, 0.1) is 0 Å². The van der Waals surface area contributed by atoms with Crippen molar-refractivity contribution in [3.63, 3.8) is 0 Å². The van der Waals surface area contributed by atoms with Gasteiger partial charge in [0.25, 0.3) is 0 Å². The van der Waals surface area contributed by atoms with Gasteiger partial charge in [-0.25, -0.2) is 0 Å². The third-order valence-corrected chi connectivity index (χ3v) is 5.46. The summed E-state index contributed by atoms with van der Waals surface area (Å²) in [4.78, 5) is 2.40. The number of aliphatic hydroxyl groups excluding tert-OH is 1. The molecule has 116 valence electrons. The Morgan fingerprint density at radius 2 is 1.95 bits per heavy atom. The molecule has 3 rings (SSSR count). The van der Waals surface area contributed by atoms with Gasteiger partial charge < -0.3 is 19.5 Å². The number of ether oxygens (including phenoxy) is 2. The number of hydrogen-bond donors (Lipinski definition) is 1. The fourth-order valence-electron chi connectivity index (χ4n) is 4.24. The molecule has 4 nitrogen and oxygen atoms in total. The lowest BCUT2D eigenvalue weighted by molar-refractivity contribution is 0.0566. The minimum Gasteiger partial charge on any atom is -0.493 e. The highest BCUT2D eigenvalue weighted by Gasteiger charge is 2.50. The molecule has 0 spiro atoms. The maximum absolute atomic E-state index is 10.0. The van der Waals surface area contributed by atoms with E-state index in [-0.39, 0.29) is 11.5 Å². The Hall–Kier alpha value is -1.26. The zero-order valence-electron chi connectivity index (χ0n) is 13.1. The van der Waals surface area contributed by atoms with Crippen molar-refractivity contribution in [3.8, 4) is 11.5 Å². The van der Waals surface area contributed by atoms with Gasteiger partial charge in [-0.3, -0.25) is 0 Å². The van der Waals surface area contributed by atoms with Gasteiger partial charge in [0, 0.05) is 11.5 Å². The van der Waals surface area contributed by atoms with Gasteiger partial charge in [0.15, 0.2) is 11.5 Å². The Bertz CT molecular complexity index is 519. The number of rotatable bonds is 3. The normalized spacial score (nSPS) is 32.8. The average Bonchev–Trinajstić information content (AvgIpc) is 2.85. The molecule has 0 aromatic heterocycles. The van der Waals surface area contributed by atoms with E-state index >= 15 is 0 Å². The van der Waals surface area contributed by atoms with Crippen LogP contribution in [0.3, 0.4) is 0 Å². The van der Waals surface area contributed by atoms with Crippen LogP contribution in [0.2, 0.25) is 0 Å². The highest BCUT2D eigenvalue weighted by molar-refractivity contribution is 5.46. The van der Waals surface area contributed by atoms with Crippen molar-refractivity contribution in [3.05, 3.63) is 23.8 Å². The van der Waals surface area contributed by atoms with Crippen molar-refractivity contribution >= 4 is 0 Å². The number of fused-ring (bicyclic) bond motifs is 1. The number of likely N-dealkylation sites (tertiary alicyclic amines) is 1. The highest BCUT2D eigenvalue weighted by atomic mass is 16.5. The smallest absolute Gasteiger partial charge is 0.161 e. The summed E-state index contributed by atoms with van der Waals surface area (Å²) >= 11 is 0. The molecule has 3 atom stereocenters. The molecular weight excluding hydrogens is 266 g/mol. The maximum Gasteiger partial charge on any atom is 0.161 e. The average molecular weight is 291 g/mol. The molecule has 1 aliphatic carbocycles. The predicted octanol–water partition coefficient (Wildman–Crippen LogP) is 2.19. The maximum atomic E-state index is 10.0. The Kier molecular flexibility index (Phi) is 3.84. The topological polar surface area (TPSA) is 41.9 Å².